The number of rotatable bonds is 4. The van der Waals surface area contributed by atoms with Crippen LogP contribution in [0.3, 0.4) is 0 Å². The van der Waals surface area contributed by atoms with Crippen molar-refractivity contribution in [2.75, 3.05) is 30.4 Å². The van der Waals surface area contributed by atoms with E-state index in [1.807, 2.05) is 13.2 Å². The SMILES string of the molecule is CNc1cc(N2CCC(Cc3ccccc3)CC2)ccn1. The van der Waals surface area contributed by atoms with E-state index < -0.39 is 0 Å². The zero-order valence-electron chi connectivity index (χ0n) is 12.6. The lowest BCUT2D eigenvalue weighted by Gasteiger charge is -2.33. The lowest BCUT2D eigenvalue weighted by Crippen LogP contribution is -2.34. The van der Waals surface area contributed by atoms with Crippen LogP contribution >= 0.6 is 0 Å². The first-order valence-electron chi connectivity index (χ1n) is 7.78. The van der Waals surface area contributed by atoms with E-state index in [0.717, 1.165) is 24.8 Å². The molecular weight excluding hydrogens is 258 g/mol. The molecule has 0 aliphatic carbocycles. The van der Waals surface area contributed by atoms with Crippen LogP contribution in [0.5, 0.6) is 0 Å². The minimum Gasteiger partial charge on any atom is -0.373 e. The Hall–Kier alpha value is -2.03. The van der Waals surface area contributed by atoms with Crippen molar-refractivity contribution in [3.8, 4) is 0 Å². The predicted octanol–water partition coefficient (Wildman–Crippen LogP) is 3.58. The summed E-state index contributed by atoms with van der Waals surface area (Å²) in [5.74, 6) is 1.76. The highest BCUT2D eigenvalue weighted by atomic mass is 15.1. The third-order valence-corrected chi connectivity index (χ3v) is 4.35. The van der Waals surface area contributed by atoms with Gasteiger partial charge in [0.2, 0.25) is 0 Å². The number of hydrogen-bond acceptors (Lipinski definition) is 3. The van der Waals surface area contributed by atoms with Crippen molar-refractivity contribution >= 4 is 11.5 Å². The highest BCUT2D eigenvalue weighted by Gasteiger charge is 2.19. The normalized spacial score (nSPS) is 16.0. The van der Waals surface area contributed by atoms with E-state index in [-0.39, 0.29) is 0 Å². The largest absolute Gasteiger partial charge is 0.373 e. The summed E-state index contributed by atoms with van der Waals surface area (Å²) in [5.41, 5.74) is 2.75. The fourth-order valence-electron chi connectivity index (χ4n) is 3.10. The molecule has 0 radical (unpaired) electrons. The van der Waals surface area contributed by atoms with E-state index in [4.69, 9.17) is 0 Å². The maximum atomic E-state index is 4.29. The molecule has 1 aromatic carbocycles. The zero-order valence-corrected chi connectivity index (χ0v) is 12.6. The van der Waals surface area contributed by atoms with Gasteiger partial charge in [0.05, 0.1) is 0 Å². The first-order valence-corrected chi connectivity index (χ1v) is 7.78. The summed E-state index contributed by atoms with van der Waals surface area (Å²) in [6.45, 7) is 2.29. The highest BCUT2D eigenvalue weighted by Crippen LogP contribution is 2.26. The molecule has 0 saturated carbocycles. The lowest BCUT2D eigenvalue weighted by atomic mass is 9.90. The van der Waals surface area contributed by atoms with Crippen molar-refractivity contribution in [3.63, 3.8) is 0 Å². The van der Waals surface area contributed by atoms with Gasteiger partial charge in [0, 0.05) is 38.1 Å². The Morgan fingerprint density at radius 2 is 1.90 bits per heavy atom. The third-order valence-electron chi connectivity index (χ3n) is 4.35. The van der Waals surface area contributed by atoms with Gasteiger partial charge in [0.25, 0.3) is 0 Å². The average Bonchev–Trinajstić information content (AvgIpc) is 2.56. The van der Waals surface area contributed by atoms with E-state index >= 15 is 0 Å². The molecule has 2 aromatic rings. The molecule has 0 atom stereocenters. The fourth-order valence-corrected chi connectivity index (χ4v) is 3.10. The molecule has 0 bridgehead atoms. The third kappa shape index (κ3) is 3.54. The van der Waals surface area contributed by atoms with Crippen molar-refractivity contribution in [1.82, 2.24) is 4.98 Å². The molecule has 0 spiro atoms. The quantitative estimate of drug-likeness (QED) is 0.928. The van der Waals surface area contributed by atoms with E-state index in [0.29, 0.717) is 0 Å². The second-order valence-corrected chi connectivity index (χ2v) is 5.77. The Kier molecular flexibility index (Phi) is 4.39. The van der Waals surface area contributed by atoms with E-state index in [2.05, 4.69) is 57.7 Å². The number of nitrogens with one attached hydrogen (secondary N) is 1. The lowest BCUT2D eigenvalue weighted by molar-refractivity contribution is 0.404. The number of hydrogen-bond donors (Lipinski definition) is 1. The van der Waals surface area contributed by atoms with Crippen molar-refractivity contribution in [1.29, 1.82) is 0 Å². The van der Waals surface area contributed by atoms with Crippen LogP contribution in [0, 0.1) is 5.92 Å². The Labute approximate surface area is 127 Å². The zero-order chi connectivity index (χ0) is 14.5. The molecule has 1 aliphatic heterocycles. The van der Waals surface area contributed by atoms with Crippen LogP contribution in [-0.2, 0) is 6.42 Å². The summed E-state index contributed by atoms with van der Waals surface area (Å²) in [4.78, 5) is 6.76. The van der Waals surface area contributed by atoms with Crippen LogP contribution in [0.4, 0.5) is 11.5 Å². The molecule has 2 heterocycles. The standard InChI is InChI=1S/C18H23N3/c1-19-18-14-17(7-10-20-18)21-11-8-16(9-12-21)13-15-5-3-2-4-6-15/h2-7,10,14,16H,8-9,11-13H2,1H3,(H,19,20). The monoisotopic (exact) mass is 281 g/mol. The molecule has 3 rings (SSSR count). The van der Waals surface area contributed by atoms with Crippen LogP contribution in [0.1, 0.15) is 18.4 Å². The number of piperidine rings is 1. The number of nitrogens with zero attached hydrogens (tertiary/aromatic N) is 2. The van der Waals surface area contributed by atoms with Crippen molar-refractivity contribution in [2.45, 2.75) is 19.3 Å². The molecule has 3 nitrogen and oxygen atoms in total. The van der Waals surface area contributed by atoms with Crippen LogP contribution in [-0.4, -0.2) is 25.1 Å². The Balaban J connectivity index is 1.57. The molecule has 21 heavy (non-hydrogen) atoms. The van der Waals surface area contributed by atoms with E-state index in [1.165, 1.54) is 30.5 Å². The van der Waals surface area contributed by atoms with Gasteiger partial charge in [-0.15, -0.1) is 0 Å². The first kappa shape index (κ1) is 13.9. The summed E-state index contributed by atoms with van der Waals surface area (Å²) in [5, 5.41) is 3.11. The van der Waals surface area contributed by atoms with Crippen LogP contribution in [0.2, 0.25) is 0 Å². The van der Waals surface area contributed by atoms with E-state index in [9.17, 15) is 0 Å². The molecule has 3 heteroatoms. The summed E-state index contributed by atoms with van der Waals surface area (Å²) < 4.78 is 0. The van der Waals surface area contributed by atoms with Gasteiger partial charge in [0.1, 0.15) is 5.82 Å². The second-order valence-electron chi connectivity index (χ2n) is 5.77. The smallest absolute Gasteiger partial charge is 0.127 e. The van der Waals surface area contributed by atoms with Crippen LogP contribution in [0.25, 0.3) is 0 Å². The molecule has 1 aliphatic rings. The minimum absolute atomic E-state index is 0.814. The summed E-state index contributed by atoms with van der Waals surface area (Å²) in [6.07, 6.45) is 5.64. The summed E-state index contributed by atoms with van der Waals surface area (Å²) >= 11 is 0. The van der Waals surface area contributed by atoms with Gasteiger partial charge in [-0.25, -0.2) is 4.98 Å². The summed E-state index contributed by atoms with van der Waals surface area (Å²) in [7, 11) is 1.91. The number of anilines is 2. The molecule has 1 fully saturated rings. The molecule has 1 aromatic heterocycles. The van der Waals surface area contributed by atoms with Gasteiger partial charge in [-0.1, -0.05) is 30.3 Å². The van der Waals surface area contributed by atoms with Crippen molar-refractivity contribution < 1.29 is 0 Å². The maximum absolute atomic E-state index is 4.29. The van der Waals surface area contributed by atoms with Crippen LogP contribution in [0.15, 0.2) is 48.7 Å². The van der Waals surface area contributed by atoms with Gasteiger partial charge < -0.3 is 10.2 Å². The first-order chi connectivity index (χ1) is 10.3. The second kappa shape index (κ2) is 6.61. The van der Waals surface area contributed by atoms with Gasteiger partial charge >= 0.3 is 0 Å². The van der Waals surface area contributed by atoms with Gasteiger partial charge in [-0.3, -0.25) is 0 Å². The Morgan fingerprint density at radius 3 is 2.62 bits per heavy atom. The maximum Gasteiger partial charge on any atom is 0.127 e. The molecule has 1 N–H and O–H groups in total. The molecule has 1 saturated heterocycles. The predicted molar refractivity (Wildman–Crippen MR) is 88.9 cm³/mol. The fraction of sp³-hybridized carbons (Fsp3) is 0.389. The summed E-state index contributed by atoms with van der Waals surface area (Å²) in [6, 6.07) is 15.1. The number of pyridine rings is 1. The van der Waals surface area contributed by atoms with Gasteiger partial charge in [-0.2, -0.15) is 0 Å². The van der Waals surface area contributed by atoms with Crippen molar-refractivity contribution in [3.05, 3.63) is 54.2 Å². The van der Waals surface area contributed by atoms with Gasteiger partial charge in [0.15, 0.2) is 0 Å². The number of aromatic nitrogens is 1. The van der Waals surface area contributed by atoms with Crippen molar-refractivity contribution in [2.24, 2.45) is 5.92 Å². The molecule has 0 unspecified atom stereocenters. The Bertz CT molecular complexity index is 560. The number of benzene rings is 1. The minimum atomic E-state index is 0.814. The average molecular weight is 281 g/mol. The topological polar surface area (TPSA) is 28.2 Å². The molecule has 0 amide bonds. The Morgan fingerprint density at radius 1 is 1.14 bits per heavy atom. The molecule has 110 valence electrons. The highest BCUT2D eigenvalue weighted by molar-refractivity contribution is 5.53. The van der Waals surface area contributed by atoms with E-state index in [1.54, 1.807) is 0 Å². The molecular formula is C18H23N3. The van der Waals surface area contributed by atoms with Crippen LogP contribution < -0.4 is 10.2 Å². The van der Waals surface area contributed by atoms with Gasteiger partial charge in [-0.05, 0) is 36.8 Å².